The Labute approximate surface area is 84.9 Å². The van der Waals surface area contributed by atoms with Crippen molar-refractivity contribution in [2.24, 2.45) is 0 Å². The highest BCUT2D eigenvalue weighted by Crippen LogP contribution is 2.15. The molecule has 1 unspecified atom stereocenters. The molecular formula is C11H18N2O. The van der Waals surface area contributed by atoms with Gasteiger partial charge in [-0.25, -0.2) is 0 Å². The summed E-state index contributed by atoms with van der Waals surface area (Å²) in [6.45, 7) is 4.56. The molecule has 0 aliphatic carbocycles. The van der Waals surface area contributed by atoms with Crippen LogP contribution in [-0.2, 0) is 0 Å². The molecule has 4 N–H and O–H groups in total. The highest BCUT2D eigenvalue weighted by atomic mass is 16.3. The molecule has 0 saturated heterocycles. The van der Waals surface area contributed by atoms with Gasteiger partial charge in [0.05, 0.1) is 6.10 Å². The van der Waals surface area contributed by atoms with Crippen LogP contribution >= 0.6 is 0 Å². The minimum absolute atomic E-state index is 0.260. The molecule has 1 aromatic carbocycles. The Morgan fingerprint density at radius 1 is 1.43 bits per heavy atom. The highest BCUT2D eigenvalue weighted by Gasteiger charge is 1.97. The Balaban J connectivity index is 2.50. The molecule has 3 nitrogen and oxygen atoms in total. The lowest BCUT2D eigenvalue weighted by Crippen LogP contribution is -2.09. The Morgan fingerprint density at radius 2 is 2.14 bits per heavy atom. The second kappa shape index (κ2) is 4.86. The van der Waals surface area contributed by atoms with E-state index in [4.69, 9.17) is 10.8 Å². The summed E-state index contributed by atoms with van der Waals surface area (Å²) >= 11 is 0. The van der Waals surface area contributed by atoms with Crippen molar-refractivity contribution in [2.75, 3.05) is 17.6 Å². The molecule has 1 rings (SSSR count). The lowest BCUT2D eigenvalue weighted by molar-refractivity contribution is 0.189. The van der Waals surface area contributed by atoms with Crippen LogP contribution < -0.4 is 11.1 Å². The first-order valence-electron chi connectivity index (χ1n) is 4.87. The van der Waals surface area contributed by atoms with Crippen molar-refractivity contribution >= 4 is 11.4 Å². The van der Waals surface area contributed by atoms with Crippen LogP contribution in [0.5, 0.6) is 0 Å². The molecule has 1 atom stereocenters. The molecule has 0 heterocycles. The summed E-state index contributed by atoms with van der Waals surface area (Å²) in [7, 11) is 0. The molecular weight excluding hydrogens is 176 g/mol. The van der Waals surface area contributed by atoms with Gasteiger partial charge in [-0.1, -0.05) is 0 Å². The fourth-order valence-corrected chi connectivity index (χ4v) is 1.34. The van der Waals surface area contributed by atoms with Crippen LogP contribution in [0, 0.1) is 6.92 Å². The topological polar surface area (TPSA) is 58.3 Å². The van der Waals surface area contributed by atoms with E-state index in [2.05, 4.69) is 5.32 Å². The summed E-state index contributed by atoms with van der Waals surface area (Å²) in [5.41, 5.74) is 8.63. The minimum Gasteiger partial charge on any atom is -0.399 e. The number of benzene rings is 1. The van der Waals surface area contributed by atoms with Gasteiger partial charge in [-0.05, 0) is 44.0 Å². The number of nitrogen functional groups attached to an aromatic ring is 1. The van der Waals surface area contributed by atoms with E-state index in [-0.39, 0.29) is 6.10 Å². The molecule has 0 fully saturated rings. The number of aliphatic hydroxyl groups is 1. The maximum Gasteiger partial charge on any atom is 0.0528 e. The Hall–Kier alpha value is -1.22. The maximum atomic E-state index is 9.07. The van der Waals surface area contributed by atoms with Crippen LogP contribution in [0.2, 0.25) is 0 Å². The zero-order valence-corrected chi connectivity index (χ0v) is 8.75. The second-order valence-electron chi connectivity index (χ2n) is 3.70. The fourth-order valence-electron chi connectivity index (χ4n) is 1.34. The summed E-state index contributed by atoms with van der Waals surface area (Å²) in [4.78, 5) is 0. The number of aryl methyl sites for hydroxylation is 1. The van der Waals surface area contributed by atoms with Gasteiger partial charge in [-0.2, -0.15) is 0 Å². The predicted molar refractivity (Wildman–Crippen MR) is 60.4 cm³/mol. The first-order chi connectivity index (χ1) is 6.58. The molecule has 0 aliphatic heterocycles. The summed E-state index contributed by atoms with van der Waals surface area (Å²) in [5.74, 6) is 0. The Kier molecular flexibility index (Phi) is 3.77. The molecule has 78 valence electrons. The quantitative estimate of drug-likeness (QED) is 0.640. The van der Waals surface area contributed by atoms with Crippen molar-refractivity contribution in [2.45, 2.75) is 26.4 Å². The van der Waals surface area contributed by atoms with Crippen molar-refractivity contribution in [1.82, 2.24) is 0 Å². The zero-order valence-electron chi connectivity index (χ0n) is 8.75. The third-order valence-electron chi connectivity index (χ3n) is 1.99. The first kappa shape index (κ1) is 10.9. The van der Waals surface area contributed by atoms with Gasteiger partial charge >= 0.3 is 0 Å². The molecule has 1 aromatic rings. The lowest BCUT2D eigenvalue weighted by atomic mass is 10.2. The number of nitrogens with one attached hydrogen (secondary N) is 1. The van der Waals surface area contributed by atoms with Gasteiger partial charge in [0.2, 0.25) is 0 Å². The third-order valence-corrected chi connectivity index (χ3v) is 1.99. The normalized spacial score (nSPS) is 12.5. The molecule has 0 radical (unpaired) electrons. The smallest absolute Gasteiger partial charge is 0.0528 e. The molecule has 0 aromatic heterocycles. The summed E-state index contributed by atoms with van der Waals surface area (Å²) in [6.07, 6.45) is 0.484. The number of rotatable bonds is 4. The van der Waals surface area contributed by atoms with E-state index in [1.807, 2.05) is 25.1 Å². The van der Waals surface area contributed by atoms with Crippen LogP contribution in [-0.4, -0.2) is 17.8 Å². The van der Waals surface area contributed by atoms with E-state index in [1.54, 1.807) is 6.92 Å². The van der Waals surface area contributed by atoms with Gasteiger partial charge in [0.1, 0.15) is 0 Å². The van der Waals surface area contributed by atoms with Crippen LogP contribution in [0.15, 0.2) is 18.2 Å². The van der Waals surface area contributed by atoms with E-state index >= 15 is 0 Å². The third kappa shape index (κ3) is 3.66. The van der Waals surface area contributed by atoms with E-state index in [1.165, 1.54) is 0 Å². The van der Waals surface area contributed by atoms with Crippen molar-refractivity contribution in [3.63, 3.8) is 0 Å². The van der Waals surface area contributed by atoms with Crippen LogP contribution in [0.4, 0.5) is 11.4 Å². The van der Waals surface area contributed by atoms with Crippen LogP contribution in [0.3, 0.4) is 0 Å². The van der Waals surface area contributed by atoms with Gasteiger partial charge in [-0.3, -0.25) is 0 Å². The lowest BCUT2D eigenvalue weighted by Gasteiger charge is -2.09. The van der Waals surface area contributed by atoms with E-state index in [0.29, 0.717) is 0 Å². The molecule has 0 aliphatic rings. The highest BCUT2D eigenvalue weighted by molar-refractivity contribution is 5.56. The molecule has 0 spiro atoms. The number of hydrogen-bond acceptors (Lipinski definition) is 3. The van der Waals surface area contributed by atoms with Gasteiger partial charge < -0.3 is 16.2 Å². The zero-order chi connectivity index (χ0) is 10.6. The van der Waals surface area contributed by atoms with Crippen molar-refractivity contribution in [1.29, 1.82) is 0 Å². The van der Waals surface area contributed by atoms with E-state index in [9.17, 15) is 0 Å². The Bertz CT molecular complexity index is 277. The largest absolute Gasteiger partial charge is 0.399 e. The fraction of sp³-hybridized carbons (Fsp3) is 0.455. The first-order valence-corrected chi connectivity index (χ1v) is 4.87. The van der Waals surface area contributed by atoms with Crippen molar-refractivity contribution in [3.05, 3.63) is 23.8 Å². The van der Waals surface area contributed by atoms with Crippen molar-refractivity contribution in [3.8, 4) is 0 Å². The maximum absolute atomic E-state index is 9.07. The average molecular weight is 194 g/mol. The van der Waals surface area contributed by atoms with E-state index in [0.717, 1.165) is 29.9 Å². The second-order valence-corrected chi connectivity index (χ2v) is 3.70. The minimum atomic E-state index is -0.260. The number of anilines is 2. The summed E-state index contributed by atoms with van der Waals surface area (Å²) in [5, 5.41) is 12.3. The molecule has 3 heteroatoms. The number of hydrogen-bond donors (Lipinski definition) is 3. The van der Waals surface area contributed by atoms with Gasteiger partial charge in [0.25, 0.3) is 0 Å². The van der Waals surface area contributed by atoms with Crippen molar-refractivity contribution < 1.29 is 5.11 Å². The molecule has 14 heavy (non-hydrogen) atoms. The van der Waals surface area contributed by atoms with E-state index < -0.39 is 0 Å². The monoisotopic (exact) mass is 194 g/mol. The van der Waals surface area contributed by atoms with Gasteiger partial charge in [-0.15, -0.1) is 0 Å². The number of nitrogens with two attached hydrogens (primary N) is 1. The molecule has 0 amide bonds. The Morgan fingerprint density at radius 3 is 2.71 bits per heavy atom. The number of aliphatic hydroxyl groups excluding tert-OH is 1. The average Bonchev–Trinajstić information content (AvgIpc) is 2.01. The predicted octanol–water partition coefficient (Wildman–Crippen LogP) is 1.76. The summed E-state index contributed by atoms with van der Waals surface area (Å²) < 4.78 is 0. The SMILES string of the molecule is Cc1cc(N)cc(NCCC(C)O)c1. The molecule has 0 saturated carbocycles. The molecule has 0 bridgehead atoms. The van der Waals surface area contributed by atoms with Crippen LogP contribution in [0.25, 0.3) is 0 Å². The van der Waals surface area contributed by atoms with Gasteiger partial charge in [0.15, 0.2) is 0 Å². The van der Waals surface area contributed by atoms with Gasteiger partial charge in [0, 0.05) is 17.9 Å². The standard InChI is InChI=1S/C11H18N2O/c1-8-5-10(12)7-11(6-8)13-4-3-9(2)14/h5-7,9,13-14H,3-4,12H2,1-2H3. The van der Waals surface area contributed by atoms with Crippen LogP contribution in [0.1, 0.15) is 18.9 Å². The summed E-state index contributed by atoms with van der Waals surface area (Å²) in [6, 6.07) is 5.87.